The van der Waals surface area contributed by atoms with Crippen LogP contribution in [0.15, 0.2) is 223 Å². The summed E-state index contributed by atoms with van der Waals surface area (Å²) in [6, 6.07) is 56.9. The van der Waals surface area contributed by atoms with Crippen molar-refractivity contribution in [3.63, 3.8) is 0 Å². The number of allylic oxidation sites excluding steroid dienone is 3. The number of rotatable bonds is 7. The van der Waals surface area contributed by atoms with Gasteiger partial charge in [-0.05, 0) is 61.7 Å². The fourth-order valence-electron chi connectivity index (χ4n) is 8.95. The van der Waals surface area contributed by atoms with E-state index in [4.69, 9.17) is 24.9 Å². The van der Waals surface area contributed by atoms with Gasteiger partial charge in [0.25, 0.3) is 0 Å². The van der Waals surface area contributed by atoms with Crippen molar-refractivity contribution in [2.24, 2.45) is 9.98 Å². The Labute approximate surface area is 384 Å². The Kier molecular flexibility index (Phi) is 9.92. The first-order valence-corrected chi connectivity index (χ1v) is 23.4. The summed E-state index contributed by atoms with van der Waals surface area (Å²) in [5, 5.41) is 4.75. The zero-order valence-corrected chi connectivity index (χ0v) is 37.0. The minimum Gasteiger partial charge on any atom is -0.300 e. The topological polar surface area (TPSA) is 73.2 Å². The number of para-hydroxylation sites is 2. The number of aromatic nitrogens is 5. The van der Waals surface area contributed by atoms with Gasteiger partial charge in [-0.3, -0.25) is 9.13 Å². The summed E-state index contributed by atoms with van der Waals surface area (Å²) in [6.45, 7) is 2.03. The second-order valence-corrected chi connectivity index (χ2v) is 18.0. The van der Waals surface area contributed by atoms with E-state index in [1.807, 2.05) is 116 Å². The molecule has 0 unspecified atom stereocenters. The molecule has 3 aromatic heterocycles. The third kappa shape index (κ3) is 6.91. The molecule has 310 valence electrons. The smallest absolute Gasteiger partial charge is 0.238 e. The van der Waals surface area contributed by atoms with Crippen molar-refractivity contribution in [3.05, 3.63) is 199 Å². The molecular weight excluding hydrogens is 835 g/mol. The Bertz CT molecular complexity index is 3600. The molecule has 12 rings (SSSR count). The summed E-state index contributed by atoms with van der Waals surface area (Å²) in [6.07, 6.45) is 12.6. The fourth-order valence-corrected chi connectivity index (χ4v) is 11.5. The van der Waals surface area contributed by atoms with Gasteiger partial charge in [0, 0.05) is 57.8 Å². The largest absolute Gasteiger partial charge is 0.300 e. The number of nitrogens with zero attached hydrogens (tertiary/aromatic N) is 7. The molecular formula is C56H39N7S2. The van der Waals surface area contributed by atoms with Crippen LogP contribution in [0.2, 0.25) is 0 Å². The van der Waals surface area contributed by atoms with Gasteiger partial charge < -0.3 is 0 Å². The molecule has 2 aliphatic rings. The maximum Gasteiger partial charge on any atom is 0.238 e. The van der Waals surface area contributed by atoms with Gasteiger partial charge >= 0.3 is 0 Å². The minimum absolute atomic E-state index is 0.583. The summed E-state index contributed by atoms with van der Waals surface area (Å²) < 4.78 is 4.43. The normalized spacial score (nSPS) is 14.1. The van der Waals surface area contributed by atoms with E-state index in [-0.39, 0.29) is 0 Å². The molecule has 1 aliphatic carbocycles. The molecule has 0 radical (unpaired) electrons. The van der Waals surface area contributed by atoms with E-state index in [0.29, 0.717) is 23.4 Å². The molecule has 0 N–H and O–H groups in total. The molecule has 0 bridgehead atoms. The van der Waals surface area contributed by atoms with Crippen molar-refractivity contribution in [1.29, 1.82) is 0 Å². The van der Waals surface area contributed by atoms with Crippen molar-refractivity contribution in [1.82, 2.24) is 24.1 Å². The van der Waals surface area contributed by atoms with E-state index in [2.05, 4.69) is 118 Å². The molecule has 7 aromatic carbocycles. The maximum atomic E-state index is 5.19. The lowest BCUT2D eigenvalue weighted by molar-refractivity contribution is 0.952. The quantitative estimate of drug-likeness (QED) is 0.118. The zero-order chi connectivity index (χ0) is 43.3. The highest BCUT2D eigenvalue weighted by atomic mass is 32.2. The van der Waals surface area contributed by atoms with Gasteiger partial charge in [0.05, 0.1) is 27.8 Å². The van der Waals surface area contributed by atoms with Crippen molar-refractivity contribution >= 4 is 85.0 Å². The molecule has 0 fully saturated rings. The Morgan fingerprint density at radius 2 is 1.14 bits per heavy atom. The molecule has 65 heavy (non-hydrogen) atoms. The van der Waals surface area contributed by atoms with Gasteiger partial charge in [-0.2, -0.15) is 9.97 Å². The highest BCUT2D eigenvalue weighted by molar-refractivity contribution is 8.05. The van der Waals surface area contributed by atoms with Crippen molar-refractivity contribution in [2.45, 2.75) is 39.3 Å². The third-order valence-electron chi connectivity index (χ3n) is 12.0. The number of fused-ring (bicyclic) bond motifs is 10. The molecule has 4 heterocycles. The van der Waals surface area contributed by atoms with Gasteiger partial charge in [-0.25, -0.2) is 15.0 Å². The lowest BCUT2D eigenvalue weighted by Gasteiger charge is -2.20. The third-order valence-corrected chi connectivity index (χ3v) is 14.6. The fraction of sp³-hybridized carbons (Fsp3) is 0.0536. The maximum absolute atomic E-state index is 5.19. The summed E-state index contributed by atoms with van der Waals surface area (Å²) >= 11 is 3.69. The van der Waals surface area contributed by atoms with Gasteiger partial charge in [0.1, 0.15) is 6.34 Å². The molecule has 0 spiro atoms. The van der Waals surface area contributed by atoms with Crippen LogP contribution in [0.3, 0.4) is 0 Å². The Morgan fingerprint density at radius 3 is 1.77 bits per heavy atom. The summed E-state index contributed by atoms with van der Waals surface area (Å²) in [7, 11) is 0. The summed E-state index contributed by atoms with van der Waals surface area (Å²) in [4.78, 5) is 30.6. The van der Waals surface area contributed by atoms with Crippen LogP contribution in [0.5, 0.6) is 0 Å². The van der Waals surface area contributed by atoms with Crippen LogP contribution in [0.1, 0.15) is 25.3 Å². The Morgan fingerprint density at radius 1 is 0.569 bits per heavy atom. The van der Waals surface area contributed by atoms with E-state index in [9.17, 15) is 0 Å². The minimum atomic E-state index is 0.583. The second kappa shape index (κ2) is 16.5. The van der Waals surface area contributed by atoms with Crippen molar-refractivity contribution in [3.8, 4) is 28.7 Å². The van der Waals surface area contributed by atoms with Crippen molar-refractivity contribution in [2.75, 3.05) is 0 Å². The second-order valence-electron chi connectivity index (χ2n) is 15.9. The van der Waals surface area contributed by atoms with E-state index >= 15 is 0 Å². The molecule has 9 heteroatoms. The summed E-state index contributed by atoms with van der Waals surface area (Å²) in [5.74, 6) is 2.53. The molecule has 0 saturated carbocycles. The van der Waals surface area contributed by atoms with Gasteiger partial charge in [-0.15, -0.1) is 0 Å². The molecule has 1 aliphatic heterocycles. The molecule has 0 amide bonds. The van der Waals surface area contributed by atoms with E-state index in [0.717, 1.165) is 68.3 Å². The SMILES string of the molecule is C/C=C(/N=C(\N=C\n1c2ccccc2c2c3c(ccc21)Sc1c(ccc2c1c1ccccc1n2-c1nc(-c2ccccc2)nc(-c2ccccc2)n1)S3)C1=CCCC=C1)c1ccccc1. The van der Waals surface area contributed by atoms with Crippen LogP contribution in [-0.2, 0) is 0 Å². The molecule has 0 saturated heterocycles. The standard InChI is InChI=1S/C56H39N7S2/c1-2-42(36-19-7-3-8-20-36)58-53(37-21-9-4-10-22-37)57-35-62-43-29-17-15-27-40(43)49-45(62)31-33-47-51(49)64-48-34-32-46-50(52(48)65-47)41-28-16-18-30-44(41)63(46)56-60-54(38-23-11-5-12-24-38)59-55(61-56)39-25-13-6-14-26-39/h2-3,5-9,11-35H,4,10H2,1H3/b42-2+,57-35+,58-53-. The van der Waals surface area contributed by atoms with Gasteiger partial charge in [0.15, 0.2) is 17.5 Å². The van der Waals surface area contributed by atoms with Crippen LogP contribution < -0.4 is 0 Å². The van der Waals surface area contributed by atoms with Crippen LogP contribution in [-0.4, -0.2) is 36.3 Å². The average Bonchev–Trinajstić information content (AvgIpc) is 3.90. The highest BCUT2D eigenvalue weighted by Crippen LogP contribution is 2.55. The number of hydrogen-bond acceptors (Lipinski definition) is 6. The van der Waals surface area contributed by atoms with E-state index < -0.39 is 0 Å². The lowest BCUT2D eigenvalue weighted by atomic mass is 10.1. The van der Waals surface area contributed by atoms with E-state index in [1.165, 1.54) is 35.7 Å². The first-order chi connectivity index (χ1) is 32.2. The molecule has 0 atom stereocenters. The predicted molar refractivity (Wildman–Crippen MR) is 271 cm³/mol. The predicted octanol–water partition coefficient (Wildman–Crippen LogP) is 14.6. The lowest BCUT2D eigenvalue weighted by Crippen LogP contribution is -2.06. The molecule has 10 aromatic rings. The van der Waals surface area contributed by atoms with Gasteiger partial charge in [0.2, 0.25) is 5.95 Å². The van der Waals surface area contributed by atoms with Crippen LogP contribution in [0.25, 0.3) is 78.0 Å². The van der Waals surface area contributed by atoms with E-state index in [1.54, 1.807) is 0 Å². The zero-order valence-electron chi connectivity index (χ0n) is 35.3. The number of aliphatic imine (C=N–C) groups is 2. The first-order valence-electron chi connectivity index (χ1n) is 21.8. The van der Waals surface area contributed by atoms with Crippen LogP contribution in [0.4, 0.5) is 0 Å². The van der Waals surface area contributed by atoms with Crippen LogP contribution >= 0.6 is 23.5 Å². The van der Waals surface area contributed by atoms with Crippen molar-refractivity contribution < 1.29 is 0 Å². The van der Waals surface area contributed by atoms with Crippen LogP contribution in [0, 0.1) is 0 Å². The van der Waals surface area contributed by atoms with Gasteiger partial charge in [-0.1, -0.05) is 175 Å². The Balaban J connectivity index is 0.990. The Hall–Kier alpha value is -7.59. The highest BCUT2D eigenvalue weighted by Gasteiger charge is 2.28. The monoisotopic (exact) mass is 873 g/mol. The average molecular weight is 874 g/mol. The number of benzene rings is 7. The summed E-state index contributed by atoms with van der Waals surface area (Å²) in [5.41, 5.74) is 9.14. The molecule has 7 nitrogen and oxygen atoms in total. The first kappa shape index (κ1) is 39.0. The number of hydrogen-bond donors (Lipinski definition) is 0. The number of amidine groups is 1.